The van der Waals surface area contributed by atoms with E-state index in [2.05, 4.69) is 20.7 Å². The number of fused-ring (bicyclic) bond motifs is 1. The third kappa shape index (κ3) is 2.86. The molecule has 0 saturated heterocycles. The van der Waals surface area contributed by atoms with Crippen molar-refractivity contribution in [1.82, 2.24) is 0 Å². The van der Waals surface area contributed by atoms with Crippen LogP contribution < -0.4 is 14.2 Å². The largest absolute Gasteiger partial charge is 0.479 e. The van der Waals surface area contributed by atoms with E-state index in [1.54, 1.807) is 0 Å². The predicted octanol–water partition coefficient (Wildman–Crippen LogP) is 2.82. The van der Waals surface area contributed by atoms with Crippen molar-refractivity contribution >= 4 is 21.9 Å². The number of aromatic carboxylic acids is 1. The van der Waals surface area contributed by atoms with E-state index in [1.165, 1.54) is 0 Å². The second kappa shape index (κ2) is 4.80. The van der Waals surface area contributed by atoms with E-state index in [0.29, 0.717) is 0 Å². The topological polar surface area (TPSA) is 65.0 Å². The number of benzene rings is 1. The molecular formula is C10H6BrF3O5. The molecule has 0 bridgehead atoms. The molecule has 1 heterocycles. The second-order valence-corrected chi connectivity index (χ2v) is 4.30. The first-order valence-electron chi connectivity index (χ1n) is 4.84. The molecule has 1 aliphatic rings. The van der Waals surface area contributed by atoms with Crippen molar-refractivity contribution in [2.24, 2.45) is 0 Å². The standard InChI is InChI=1S/C10H6BrF3O5/c11-6-4(9(15)16)1-5-7(19-3-18-5)8(6)17-2-10(12,13)14/h1H,2-3H2,(H,15,16). The maximum atomic E-state index is 12.2. The van der Waals surface area contributed by atoms with Crippen LogP contribution in [0.25, 0.3) is 0 Å². The first kappa shape index (κ1) is 13.8. The average molecular weight is 343 g/mol. The molecule has 1 aromatic carbocycles. The van der Waals surface area contributed by atoms with Crippen LogP contribution in [0.5, 0.6) is 17.2 Å². The van der Waals surface area contributed by atoms with E-state index in [0.717, 1.165) is 6.07 Å². The van der Waals surface area contributed by atoms with E-state index < -0.39 is 18.8 Å². The zero-order valence-corrected chi connectivity index (χ0v) is 10.7. The Balaban J connectivity index is 2.43. The number of carbonyl (C=O) groups is 1. The number of carboxylic acids is 1. The number of carboxylic acid groups (broad SMARTS) is 1. The molecule has 1 N–H and O–H groups in total. The monoisotopic (exact) mass is 342 g/mol. The third-order valence-corrected chi connectivity index (χ3v) is 2.96. The van der Waals surface area contributed by atoms with Crippen LogP contribution in [0.15, 0.2) is 10.5 Å². The Morgan fingerprint density at radius 3 is 2.74 bits per heavy atom. The van der Waals surface area contributed by atoms with Crippen LogP contribution in [0.2, 0.25) is 0 Å². The highest BCUT2D eigenvalue weighted by atomic mass is 79.9. The molecule has 0 unspecified atom stereocenters. The van der Waals surface area contributed by atoms with Gasteiger partial charge in [-0.3, -0.25) is 0 Å². The third-order valence-electron chi connectivity index (χ3n) is 2.17. The highest BCUT2D eigenvalue weighted by molar-refractivity contribution is 9.10. The summed E-state index contributed by atoms with van der Waals surface area (Å²) < 4.78 is 50.9. The summed E-state index contributed by atoms with van der Waals surface area (Å²) in [7, 11) is 0. The number of rotatable bonds is 3. The van der Waals surface area contributed by atoms with Gasteiger partial charge in [-0.05, 0) is 15.9 Å². The molecule has 0 spiro atoms. The van der Waals surface area contributed by atoms with Crippen LogP contribution in [0, 0.1) is 0 Å². The molecule has 104 valence electrons. The summed E-state index contributed by atoms with van der Waals surface area (Å²) in [5, 5.41) is 8.95. The Labute approximate surface area is 113 Å². The van der Waals surface area contributed by atoms with E-state index in [1.807, 2.05) is 0 Å². The van der Waals surface area contributed by atoms with Gasteiger partial charge in [-0.1, -0.05) is 0 Å². The number of alkyl halides is 3. The lowest BCUT2D eigenvalue weighted by molar-refractivity contribution is -0.153. The molecule has 1 aliphatic heterocycles. The lowest BCUT2D eigenvalue weighted by Gasteiger charge is -2.14. The average Bonchev–Trinajstić information content (AvgIpc) is 2.73. The van der Waals surface area contributed by atoms with Gasteiger partial charge in [-0.2, -0.15) is 13.2 Å². The smallest absolute Gasteiger partial charge is 0.422 e. The Hall–Kier alpha value is -1.64. The van der Waals surface area contributed by atoms with Gasteiger partial charge >= 0.3 is 12.1 Å². The number of ether oxygens (including phenoxy) is 3. The van der Waals surface area contributed by atoms with Gasteiger partial charge in [0.25, 0.3) is 0 Å². The predicted molar refractivity (Wildman–Crippen MR) is 58.8 cm³/mol. The summed E-state index contributed by atoms with van der Waals surface area (Å²) >= 11 is 2.89. The van der Waals surface area contributed by atoms with E-state index in [4.69, 9.17) is 14.6 Å². The Morgan fingerprint density at radius 1 is 1.47 bits per heavy atom. The maximum Gasteiger partial charge on any atom is 0.422 e. The molecule has 0 fully saturated rings. The second-order valence-electron chi connectivity index (χ2n) is 3.51. The van der Waals surface area contributed by atoms with Crippen LogP contribution >= 0.6 is 15.9 Å². The van der Waals surface area contributed by atoms with Crippen LogP contribution in [0.1, 0.15) is 10.4 Å². The molecule has 0 atom stereocenters. The van der Waals surface area contributed by atoms with Gasteiger partial charge in [-0.15, -0.1) is 0 Å². The molecular weight excluding hydrogens is 337 g/mol. The highest BCUT2D eigenvalue weighted by Gasteiger charge is 2.32. The Kier molecular flexibility index (Phi) is 3.48. The minimum Gasteiger partial charge on any atom is -0.479 e. The zero-order valence-electron chi connectivity index (χ0n) is 9.08. The van der Waals surface area contributed by atoms with Crippen LogP contribution in [0.4, 0.5) is 13.2 Å². The lowest BCUT2D eigenvalue weighted by Crippen LogP contribution is -2.19. The van der Waals surface area contributed by atoms with Crippen molar-refractivity contribution in [3.05, 3.63) is 16.1 Å². The van der Waals surface area contributed by atoms with Gasteiger partial charge in [0.1, 0.15) is 0 Å². The van der Waals surface area contributed by atoms with Gasteiger partial charge in [0.05, 0.1) is 10.0 Å². The summed E-state index contributed by atoms with van der Waals surface area (Å²) in [5.41, 5.74) is -0.276. The summed E-state index contributed by atoms with van der Waals surface area (Å²) in [4.78, 5) is 11.0. The van der Waals surface area contributed by atoms with E-state index >= 15 is 0 Å². The van der Waals surface area contributed by atoms with Crippen LogP contribution in [0.3, 0.4) is 0 Å². The van der Waals surface area contributed by atoms with Crippen molar-refractivity contribution in [2.75, 3.05) is 13.4 Å². The maximum absolute atomic E-state index is 12.2. The first-order chi connectivity index (χ1) is 8.79. The quantitative estimate of drug-likeness (QED) is 0.914. The van der Waals surface area contributed by atoms with Gasteiger partial charge in [0.15, 0.2) is 18.1 Å². The van der Waals surface area contributed by atoms with Crippen molar-refractivity contribution in [1.29, 1.82) is 0 Å². The van der Waals surface area contributed by atoms with Gasteiger partial charge in [-0.25, -0.2) is 4.79 Å². The molecule has 2 rings (SSSR count). The molecule has 9 heteroatoms. The molecule has 0 radical (unpaired) electrons. The van der Waals surface area contributed by atoms with Crippen LogP contribution in [-0.2, 0) is 0 Å². The number of hydrogen-bond acceptors (Lipinski definition) is 4. The van der Waals surface area contributed by atoms with Crippen molar-refractivity contribution in [2.45, 2.75) is 6.18 Å². The number of hydrogen-bond donors (Lipinski definition) is 1. The molecule has 5 nitrogen and oxygen atoms in total. The SMILES string of the molecule is O=C(O)c1cc2c(c(OCC(F)(F)F)c1Br)OCO2. The van der Waals surface area contributed by atoms with Crippen molar-refractivity contribution in [3.63, 3.8) is 0 Å². The lowest BCUT2D eigenvalue weighted by atomic mass is 10.2. The van der Waals surface area contributed by atoms with Crippen LogP contribution in [-0.4, -0.2) is 30.7 Å². The minimum atomic E-state index is -4.55. The number of halogens is 4. The fourth-order valence-corrected chi connectivity index (χ4v) is 2.01. The molecule has 0 aromatic heterocycles. The molecule has 0 amide bonds. The summed E-state index contributed by atoms with van der Waals surface area (Å²) in [6, 6.07) is 1.15. The summed E-state index contributed by atoms with van der Waals surface area (Å²) in [6.07, 6.45) is -4.55. The van der Waals surface area contributed by atoms with Gasteiger partial charge in [0, 0.05) is 6.07 Å². The Bertz CT molecular complexity index is 529. The molecule has 0 saturated carbocycles. The van der Waals surface area contributed by atoms with E-state index in [-0.39, 0.29) is 34.1 Å². The van der Waals surface area contributed by atoms with Crippen molar-refractivity contribution < 1.29 is 37.3 Å². The molecule has 19 heavy (non-hydrogen) atoms. The summed E-state index contributed by atoms with van der Waals surface area (Å²) in [6.45, 7) is -1.78. The molecule has 1 aromatic rings. The summed E-state index contributed by atoms with van der Waals surface area (Å²) in [5.74, 6) is -1.70. The minimum absolute atomic E-state index is 0.0257. The zero-order chi connectivity index (χ0) is 14.2. The molecule has 0 aliphatic carbocycles. The Morgan fingerprint density at radius 2 is 2.16 bits per heavy atom. The van der Waals surface area contributed by atoms with Crippen molar-refractivity contribution in [3.8, 4) is 17.2 Å². The van der Waals surface area contributed by atoms with Gasteiger partial charge in [0.2, 0.25) is 12.5 Å². The highest BCUT2D eigenvalue weighted by Crippen LogP contribution is 2.47. The van der Waals surface area contributed by atoms with Gasteiger partial charge < -0.3 is 19.3 Å². The fraction of sp³-hybridized carbons (Fsp3) is 0.300. The first-order valence-corrected chi connectivity index (χ1v) is 5.64. The normalized spacial score (nSPS) is 13.5. The van der Waals surface area contributed by atoms with E-state index in [9.17, 15) is 18.0 Å². The fourth-order valence-electron chi connectivity index (χ4n) is 1.43.